The van der Waals surface area contributed by atoms with Crippen molar-refractivity contribution in [2.24, 2.45) is 0 Å². The molecule has 1 unspecified atom stereocenters. The van der Waals surface area contributed by atoms with Gasteiger partial charge in [0.05, 0.1) is 16.1 Å². The lowest BCUT2D eigenvalue weighted by Crippen LogP contribution is -2.03. The summed E-state index contributed by atoms with van der Waals surface area (Å²) in [5, 5.41) is 12.7. The number of halogens is 2. The van der Waals surface area contributed by atoms with Crippen LogP contribution in [0.1, 0.15) is 22.4 Å². The van der Waals surface area contributed by atoms with E-state index in [9.17, 15) is 9.50 Å². The van der Waals surface area contributed by atoms with E-state index in [0.717, 1.165) is 10.7 Å². The number of rotatable bonds is 3. The van der Waals surface area contributed by atoms with E-state index >= 15 is 0 Å². The van der Waals surface area contributed by atoms with E-state index in [0.29, 0.717) is 12.0 Å². The lowest BCUT2D eigenvalue weighted by molar-refractivity contribution is 0.178. The zero-order valence-corrected chi connectivity index (χ0v) is 10.7. The van der Waals surface area contributed by atoms with E-state index in [2.05, 4.69) is 4.98 Å². The first-order valence-electron chi connectivity index (χ1n) is 5.11. The van der Waals surface area contributed by atoms with Crippen LogP contribution in [0, 0.1) is 12.7 Å². The van der Waals surface area contributed by atoms with Crippen LogP contribution in [0.5, 0.6) is 0 Å². The van der Waals surface area contributed by atoms with Crippen molar-refractivity contribution in [3.8, 4) is 0 Å². The molecule has 0 amide bonds. The monoisotopic (exact) mass is 271 g/mol. The zero-order chi connectivity index (χ0) is 12.4. The smallest absolute Gasteiger partial charge is 0.142 e. The summed E-state index contributed by atoms with van der Waals surface area (Å²) in [7, 11) is 0. The standard InChI is InChI=1S/C12H11ClFNOS/c1-7-6-17-11(15-7)5-10(16)8-3-2-4-9(14)12(8)13/h2-4,6,10,16H,5H2,1H3. The number of aryl methyl sites for hydroxylation is 1. The minimum Gasteiger partial charge on any atom is -0.388 e. The summed E-state index contributed by atoms with van der Waals surface area (Å²) in [6, 6.07) is 4.43. The molecule has 1 aromatic heterocycles. The second-order valence-corrected chi connectivity index (χ2v) is 5.07. The van der Waals surface area contributed by atoms with Gasteiger partial charge in [0.15, 0.2) is 0 Å². The minimum atomic E-state index is -0.830. The van der Waals surface area contributed by atoms with E-state index in [-0.39, 0.29) is 5.02 Å². The SMILES string of the molecule is Cc1csc(CC(O)c2cccc(F)c2Cl)n1. The Labute approximate surface area is 108 Å². The fourth-order valence-corrected chi connectivity index (χ4v) is 2.61. The Morgan fingerprint density at radius 3 is 2.94 bits per heavy atom. The van der Waals surface area contributed by atoms with Crippen LogP contribution in [-0.2, 0) is 6.42 Å². The molecule has 17 heavy (non-hydrogen) atoms. The van der Waals surface area contributed by atoms with Crippen molar-refractivity contribution in [1.82, 2.24) is 4.98 Å². The zero-order valence-electron chi connectivity index (χ0n) is 9.15. The van der Waals surface area contributed by atoms with Gasteiger partial charge < -0.3 is 5.11 Å². The van der Waals surface area contributed by atoms with Crippen molar-refractivity contribution >= 4 is 22.9 Å². The lowest BCUT2D eigenvalue weighted by atomic mass is 10.1. The van der Waals surface area contributed by atoms with Gasteiger partial charge in [-0.25, -0.2) is 9.37 Å². The van der Waals surface area contributed by atoms with Crippen LogP contribution in [0.25, 0.3) is 0 Å². The van der Waals surface area contributed by atoms with Gasteiger partial charge in [0, 0.05) is 23.1 Å². The molecule has 0 bridgehead atoms. The summed E-state index contributed by atoms with van der Waals surface area (Å²) < 4.78 is 13.2. The third-order valence-corrected chi connectivity index (χ3v) is 3.76. The van der Waals surface area contributed by atoms with Crippen LogP contribution in [0.3, 0.4) is 0 Å². The fourth-order valence-electron chi connectivity index (χ4n) is 1.55. The first kappa shape index (κ1) is 12.5. The average molecular weight is 272 g/mol. The Balaban J connectivity index is 2.20. The third-order valence-electron chi connectivity index (χ3n) is 2.38. The molecule has 2 rings (SSSR count). The fraction of sp³-hybridized carbons (Fsp3) is 0.250. The number of aliphatic hydroxyl groups is 1. The van der Waals surface area contributed by atoms with Gasteiger partial charge in [-0.2, -0.15) is 0 Å². The molecule has 5 heteroatoms. The van der Waals surface area contributed by atoms with Crippen molar-refractivity contribution in [3.05, 3.63) is 50.7 Å². The van der Waals surface area contributed by atoms with Gasteiger partial charge in [-0.15, -0.1) is 11.3 Å². The van der Waals surface area contributed by atoms with Gasteiger partial charge in [0.1, 0.15) is 5.82 Å². The Bertz CT molecular complexity index is 529. The van der Waals surface area contributed by atoms with Crippen molar-refractivity contribution in [1.29, 1.82) is 0 Å². The number of aromatic nitrogens is 1. The molecule has 0 aliphatic rings. The number of hydrogen-bond donors (Lipinski definition) is 1. The summed E-state index contributed by atoms with van der Waals surface area (Å²) in [5.41, 5.74) is 1.32. The summed E-state index contributed by atoms with van der Waals surface area (Å²) in [6.07, 6.45) is -0.481. The van der Waals surface area contributed by atoms with Crippen LogP contribution in [-0.4, -0.2) is 10.1 Å². The van der Waals surface area contributed by atoms with Crippen molar-refractivity contribution < 1.29 is 9.50 Å². The van der Waals surface area contributed by atoms with E-state index in [1.807, 2.05) is 12.3 Å². The quantitative estimate of drug-likeness (QED) is 0.927. The molecule has 0 aliphatic carbocycles. The lowest BCUT2D eigenvalue weighted by Gasteiger charge is -2.11. The highest BCUT2D eigenvalue weighted by molar-refractivity contribution is 7.09. The van der Waals surface area contributed by atoms with E-state index in [4.69, 9.17) is 11.6 Å². The van der Waals surface area contributed by atoms with Gasteiger partial charge in [-0.05, 0) is 13.0 Å². The molecule has 2 aromatic rings. The molecule has 0 spiro atoms. The first-order valence-corrected chi connectivity index (χ1v) is 6.36. The predicted molar refractivity (Wildman–Crippen MR) is 66.9 cm³/mol. The second-order valence-electron chi connectivity index (χ2n) is 3.75. The summed E-state index contributed by atoms with van der Waals surface area (Å²) in [5.74, 6) is -0.515. The van der Waals surface area contributed by atoms with Gasteiger partial charge in [0.25, 0.3) is 0 Å². The van der Waals surface area contributed by atoms with Gasteiger partial charge in [0.2, 0.25) is 0 Å². The highest BCUT2D eigenvalue weighted by Crippen LogP contribution is 2.28. The van der Waals surface area contributed by atoms with Gasteiger partial charge in [-0.3, -0.25) is 0 Å². The normalized spacial score (nSPS) is 12.7. The molecule has 0 aliphatic heterocycles. The molecular formula is C12H11ClFNOS. The van der Waals surface area contributed by atoms with Crippen LogP contribution >= 0.6 is 22.9 Å². The molecule has 1 aromatic carbocycles. The van der Waals surface area contributed by atoms with Crippen molar-refractivity contribution in [3.63, 3.8) is 0 Å². The molecule has 1 N–H and O–H groups in total. The van der Waals surface area contributed by atoms with Crippen LogP contribution in [0.2, 0.25) is 5.02 Å². The number of nitrogens with zero attached hydrogens (tertiary/aromatic N) is 1. The second kappa shape index (κ2) is 5.12. The highest BCUT2D eigenvalue weighted by atomic mass is 35.5. The number of benzene rings is 1. The Morgan fingerprint density at radius 2 is 2.29 bits per heavy atom. The first-order chi connectivity index (χ1) is 8.08. The van der Waals surface area contributed by atoms with E-state index in [1.54, 1.807) is 6.07 Å². The maximum Gasteiger partial charge on any atom is 0.142 e. The van der Waals surface area contributed by atoms with E-state index in [1.165, 1.54) is 23.5 Å². The van der Waals surface area contributed by atoms with Crippen molar-refractivity contribution in [2.45, 2.75) is 19.4 Å². The average Bonchev–Trinajstić information content (AvgIpc) is 2.68. The molecule has 0 radical (unpaired) electrons. The molecule has 0 saturated carbocycles. The maximum absolute atomic E-state index is 13.2. The van der Waals surface area contributed by atoms with Crippen LogP contribution in [0.4, 0.5) is 4.39 Å². The Hall–Kier alpha value is -0.970. The molecular weight excluding hydrogens is 261 g/mol. The maximum atomic E-state index is 13.2. The molecule has 0 fully saturated rings. The molecule has 1 atom stereocenters. The topological polar surface area (TPSA) is 33.1 Å². The van der Waals surface area contributed by atoms with Crippen LogP contribution in [0.15, 0.2) is 23.6 Å². The summed E-state index contributed by atoms with van der Waals surface area (Å²) in [4.78, 5) is 4.25. The number of hydrogen-bond acceptors (Lipinski definition) is 3. The Kier molecular flexibility index (Phi) is 3.76. The number of thiazole rings is 1. The highest BCUT2D eigenvalue weighted by Gasteiger charge is 2.16. The molecule has 1 heterocycles. The summed E-state index contributed by atoms with van der Waals surface area (Å²) >= 11 is 7.28. The molecule has 90 valence electrons. The third kappa shape index (κ3) is 2.83. The molecule has 0 saturated heterocycles. The van der Waals surface area contributed by atoms with Gasteiger partial charge >= 0.3 is 0 Å². The van der Waals surface area contributed by atoms with E-state index < -0.39 is 11.9 Å². The summed E-state index contributed by atoms with van der Waals surface area (Å²) in [6.45, 7) is 1.89. The van der Waals surface area contributed by atoms with Crippen LogP contribution < -0.4 is 0 Å². The Morgan fingerprint density at radius 1 is 1.53 bits per heavy atom. The largest absolute Gasteiger partial charge is 0.388 e. The van der Waals surface area contributed by atoms with Crippen molar-refractivity contribution in [2.75, 3.05) is 0 Å². The number of aliphatic hydroxyl groups excluding tert-OH is 1. The predicted octanol–water partition coefficient (Wildman–Crippen LogP) is 3.52. The molecule has 2 nitrogen and oxygen atoms in total. The minimum absolute atomic E-state index is 0.0201. The van der Waals surface area contributed by atoms with Gasteiger partial charge in [-0.1, -0.05) is 23.7 Å².